The summed E-state index contributed by atoms with van der Waals surface area (Å²) in [6.45, 7) is 3.13. The van der Waals surface area contributed by atoms with Crippen molar-refractivity contribution in [3.05, 3.63) is 0 Å². The van der Waals surface area contributed by atoms with E-state index in [0.29, 0.717) is 13.2 Å². The number of ether oxygens (including phenoxy) is 2. The zero-order chi connectivity index (χ0) is 10.4. The second-order valence-electron chi connectivity index (χ2n) is 4.12. The first-order chi connectivity index (χ1) is 6.74. The number of methoxy groups -OCH3 is 1. The second kappa shape index (κ2) is 6.02. The fourth-order valence-electron chi connectivity index (χ4n) is 1.84. The van der Waals surface area contributed by atoms with E-state index in [0.717, 1.165) is 31.6 Å². The van der Waals surface area contributed by atoms with Crippen molar-refractivity contribution in [2.45, 2.75) is 32.6 Å². The Kier molecular flexibility index (Phi) is 4.94. The molecule has 0 saturated heterocycles. The maximum absolute atomic E-state index is 11.5. The number of carbonyl (C=O) groups excluding carboxylic acids is 1. The van der Waals surface area contributed by atoms with Crippen LogP contribution in [-0.2, 0) is 14.3 Å². The van der Waals surface area contributed by atoms with E-state index in [9.17, 15) is 4.79 Å². The molecule has 1 saturated carbocycles. The summed E-state index contributed by atoms with van der Waals surface area (Å²) in [5.41, 5.74) is 0. The summed E-state index contributed by atoms with van der Waals surface area (Å²) >= 11 is 0. The first-order valence-corrected chi connectivity index (χ1v) is 5.39. The molecule has 1 rings (SSSR count). The van der Waals surface area contributed by atoms with Crippen molar-refractivity contribution in [2.75, 3.05) is 20.3 Å². The quantitative estimate of drug-likeness (QED) is 0.514. The number of rotatable bonds is 4. The van der Waals surface area contributed by atoms with Gasteiger partial charge in [-0.3, -0.25) is 4.79 Å². The van der Waals surface area contributed by atoms with E-state index in [1.54, 1.807) is 7.11 Å². The Balaban J connectivity index is 2.17. The molecule has 0 N–H and O–H groups in total. The van der Waals surface area contributed by atoms with Gasteiger partial charge in [-0.2, -0.15) is 0 Å². The number of hydrogen-bond donors (Lipinski definition) is 0. The maximum atomic E-state index is 11.5. The van der Waals surface area contributed by atoms with Crippen LogP contribution < -0.4 is 0 Å². The van der Waals surface area contributed by atoms with Crippen molar-refractivity contribution in [1.82, 2.24) is 0 Å². The van der Waals surface area contributed by atoms with Crippen molar-refractivity contribution in [2.24, 2.45) is 11.8 Å². The molecule has 0 aromatic carbocycles. The molecule has 1 aliphatic carbocycles. The van der Waals surface area contributed by atoms with Crippen LogP contribution >= 0.6 is 0 Å². The van der Waals surface area contributed by atoms with E-state index in [1.807, 2.05) is 0 Å². The smallest absolute Gasteiger partial charge is 0.309 e. The molecule has 3 heteroatoms. The molecule has 0 radical (unpaired) electrons. The summed E-state index contributed by atoms with van der Waals surface area (Å²) in [4.78, 5) is 11.5. The molecule has 0 heterocycles. The van der Waals surface area contributed by atoms with Crippen LogP contribution in [-0.4, -0.2) is 26.3 Å². The van der Waals surface area contributed by atoms with Crippen molar-refractivity contribution in [3.63, 3.8) is 0 Å². The lowest BCUT2D eigenvalue weighted by Crippen LogP contribution is -2.24. The van der Waals surface area contributed by atoms with Crippen molar-refractivity contribution in [3.8, 4) is 0 Å². The molecule has 1 fully saturated rings. The molecular formula is C11H20O3. The third kappa shape index (κ3) is 3.66. The normalized spacial score (nSPS) is 27.3. The van der Waals surface area contributed by atoms with Gasteiger partial charge in [-0.25, -0.2) is 0 Å². The molecule has 0 bridgehead atoms. The van der Waals surface area contributed by atoms with Gasteiger partial charge in [0.15, 0.2) is 0 Å². The molecule has 0 aliphatic heterocycles. The summed E-state index contributed by atoms with van der Waals surface area (Å²) in [6.07, 6.45) is 4.30. The van der Waals surface area contributed by atoms with Gasteiger partial charge in [0.1, 0.15) is 6.61 Å². The van der Waals surface area contributed by atoms with E-state index < -0.39 is 0 Å². The second-order valence-corrected chi connectivity index (χ2v) is 4.12. The SMILES string of the molecule is COCCOC(=O)C1CCC(C)CC1. The summed E-state index contributed by atoms with van der Waals surface area (Å²) in [5.74, 6) is 0.884. The molecule has 14 heavy (non-hydrogen) atoms. The van der Waals surface area contributed by atoms with Gasteiger partial charge in [-0.05, 0) is 31.6 Å². The van der Waals surface area contributed by atoms with Gasteiger partial charge in [-0.15, -0.1) is 0 Å². The van der Waals surface area contributed by atoms with E-state index in [1.165, 1.54) is 0 Å². The number of hydrogen-bond acceptors (Lipinski definition) is 3. The van der Waals surface area contributed by atoms with Gasteiger partial charge >= 0.3 is 5.97 Å². The highest BCUT2D eigenvalue weighted by atomic mass is 16.6. The minimum Gasteiger partial charge on any atom is -0.463 e. The van der Waals surface area contributed by atoms with E-state index >= 15 is 0 Å². The summed E-state index contributed by atoms with van der Waals surface area (Å²) < 4.78 is 9.91. The lowest BCUT2D eigenvalue weighted by atomic mass is 9.83. The zero-order valence-corrected chi connectivity index (χ0v) is 9.12. The molecule has 0 amide bonds. The predicted molar refractivity (Wildman–Crippen MR) is 54.0 cm³/mol. The summed E-state index contributed by atoms with van der Waals surface area (Å²) in [6, 6.07) is 0. The van der Waals surface area contributed by atoms with Crippen LogP contribution in [0, 0.1) is 11.8 Å². The summed E-state index contributed by atoms with van der Waals surface area (Å²) in [5, 5.41) is 0. The molecule has 0 atom stereocenters. The third-order valence-electron chi connectivity index (χ3n) is 2.88. The van der Waals surface area contributed by atoms with Crippen molar-refractivity contribution in [1.29, 1.82) is 0 Å². The fourth-order valence-corrected chi connectivity index (χ4v) is 1.84. The Bertz CT molecular complexity index is 171. The first kappa shape index (κ1) is 11.5. The molecule has 3 nitrogen and oxygen atoms in total. The Hall–Kier alpha value is -0.570. The Morgan fingerprint density at radius 3 is 2.43 bits per heavy atom. The Morgan fingerprint density at radius 2 is 1.86 bits per heavy atom. The van der Waals surface area contributed by atoms with Crippen LogP contribution in [0.3, 0.4) is 0 Å². The Morgan fingerprint density at radius 1 is 1.21 bits per heavy atom. The number of carbonyl (C=O) groups is 1. The zero-order valence-electron chi connectivity index (χ0n) is 9.12. The van der Waals surface area contributed by atoms with Crippen molar-refractivity contribution >= 4 is 5.97 Å². The molecule has 0 aromatic heterocycles. The molecular weight excluding hydrogens is 180 g/mol. The van der Waals surface area contributed by atoms with Crippen LogP contribution in [0.25, 0.3) is 0 Å². The highest BCUT2D eigenvalue weighted by molar-refractivity contribution is 5.72. The fraction of sp³-hybridized carbons (Fsp3) is 0.909. The minimum absolute atomic E-state index is 0.0334. The third-order valence-corrected chi connectivity index (χ3v) is 2.88. The van der Waals surface area contributed by atoms with Gasteiger partial charge in [0.2, 0.25) is 0 Å². The van der Waals surface area contributed by atoms with Crippen LogP contribution in [0.15, 0.2) is 0 Å². The van der Waals surface area contributed by atoms with Crippen LogP contribution in [0.1, 0.15) is 32.6 Å². The van der Waals surface area contributed by atoms with Gasteiger partial charge in [0.25, 0.3) is 0 Å². The monoisotopic (exact) mass is 200 g/mol. The first-order valence-electron chi connectivity index (χ1n) is 5.39. The maximum Gasteiger partial charge on any atom is 0.309 e. The molecule has 0 spiro atoms. The van der Waals surface area contributed by atoms with Gasteiger partial charge in [0.05, 0.1) is 12.5 Å². The Labute approximate surface area is 85.8 Å². The molecule has 0 aromatic rings. The number of esters is 1. The molecule has 82 valence electrons. The molecule has 1 aliphatic rings. The largest absolute Gasteiger partial charge is 0.463 e. The molecule has 0 unspecified atom stereocenters. The van der Waals surface area contributed by atoms with E-state index in [4.69, 9.17) is 9.47 Å². The lowest BCUT2D eigenvalue weighted by Gasteiger charge is -2.24. The average molecular weight is 200 g/mol. The van der Waals surface area contributed by atoms with Crippen LogP contribution in [0.2, 0.25) is 0 Å². The highest BCUT2D eigenvalue weighted by Crippen LogP contribution is 2.28. The van der Waals surface area contributed by atoms with Gasteiger partial charge in [-0.1, -0.05) is 6.92 Å². The predicted octanol–water partition coefficient (Wildman–Crippen LogP) is 2.00. The van der Waals surface area contributed by atoms with Gasteiger partial charge < -0.3 is 9.47 Å². The van der Waals surface area contributed by atoms with Gasteiger partial charge in [0, 0.05) is 7.11 Å². The van der Waals surface area contributed by atoms with Crippen LogP contribution in [0.5, 0.6) is 0 Å². The average Bonchev–Trinajstić information content (AvgIpc) is 2.19. The topological polar surface area (TPSA) is 35.5 Å². The van der Waals surface area contributed by atoms with Crippen LogP contribution in [0.4, 0.5) is 0 Å². The van der Waals surface area contributed by atoms with Crippen molar-refractivity contribution < 1.29 is 14.3 Å². The summed E-state index contributed by atoms with van der Waals surface area (Å²) in [7, 11) is 1.61. The lowest BCUT2D eigenvalue weighted by molar-refractivity contribution is -0.151. The van der Waals surface area contributed by atoms with E-state index in [2.05, 4.69) is 6.92 Å². The standard InChI is InChI=1S/C11H20O3/c1-9-3-5-10(6-4-9)11(12)14-8-7-13-2/h9-10H,3-8H2,1-2H3. The highest BCUT2D eigenvalue weighted by Gasteiger charge is 2.25. The van der Waals surface area contributed by atoms with E-state index in [-0.39, 0.29) is 11.9 Å². The minimum atomic E-state index is -0.0334.